The van der Waals surface area contributed by atoms with E-state index in [1.807, 2.05) is 6.07 Å². The fourth-order valence-electron chi connectivity index (χ4n) is 3.53. The molecule has 0 aliphatic heterocycles. The number of phenols is 2. The van der Waals surface area contributed by atoms with E-state index in [1.54, 1.807) is 6.07 Å². The second kappa shape index (κ2) is 11.0. The fourth-order valence-corrected chi connectivity index (χ4v) is 3.53. The van der Waals surface area contributed by atoms with Crippen molar-refractivity contribution in [2.24, 2.45) is 10.8 Å². The first-order valence-electron chi connectivity index (χ1n) is 11.1. The Morgan fingerprint density at radius 1 is 0.741 bits per heavy atom. The minimum Gasteiger partial charge on any atom is -0.508 e. The number of aryl methyl sites for hydroxylation is 1. The van der Waals surface area contributed by atoms with Crippen LogP contribution in [0.25, 0.3) is 0 Å². The Balaban J connectivity index is 2.43. The lowest BCUT2D eigenvalue weighted by atomic mass is 9.84. The topological polar surface area (TPSA) is 40.5 Å². The molecule has 1 aromatic carbocycles. The third-order valence-electron chi connectivity index (χ3n) is 5.95. The summed E-state index contributed by atoms with van der Waals surface area (Å²) in [6.07, 6.45) is 12.4. The van der Waals surface area contributed by atoms with E-state index in [0.29, 0.717) is 16.6 Å². The Kier molecular flexibility index (Phi) is 9.70. The zero-order chi connectivity index (χ0) is 20.5. The molecule has 0 saturated carbocycles. The predicted octanol–water partition coefficient (Wildman–Crippen LogP) is 7.79. The maximum absolute atomic E-state index is 10.6. The van der Waals surface area contributed by atoms with E-state index >= 15 is 0 Å². The first kappa shape index (κ1) is 23.9. The van der Waals surface area contributed by atoms with Crippen LogP contribution in [-0.4, -0.2) is 10.2 Å². The summed E-state index contributed by atoms with van der Waals surface area (Å²) in [5, 5.41) is 20.8. The monoisotopic (exact) mass is 376 g/mol. The number of phenolic OH excluding ortho intramolecular Hbond substituents is 2. The summed E-state index contributed by atoms with van der Waals surface area (Å²) < 4.78 is 0. The highest BCUT2D eigenvalue weighted by Crippen LogP contribution is 2.34. The first-order valence-corrected chi connectivity index (χ1v) is 11.1. The van der Waals surface area contributed by atoms with Crippen molar-refractivity contribution in [3.05, 3.63) is 23.3 Å². The summed E-state index contributed by atoms with van der Waals surface area (Å²) in [6, 6.07) is 3.65. The molecule has 2 nitrogen and oxygen atoms in total. The van der Waals surface area contributed by atoms with Crippen molar-refractivity contribution in [2.75, 3.05) is 0 Å². The quantitative estimate of drug-likeness (QED) is 0.365. The van der Waals surface area contributed by atoms with E-state index in [4.69, 9.17) is 0 Å². The van der Waals surface area contributed by atoms with Gasteiger partial charge in [0.1, 0.15) is 11.5 Å². The molecule has 2 N–H and O–H groups in total. The van der Waals surface area contributed by atoms with Crippen LogP contribution in [0.4, 0.5) is 0 Å². The average Bonchev–Trinajstić information content (AvgIpc) is 2.58. The Hall–Kier alpha value is -1.18. The van der Waals surface area contributed by atoms with Crippen LogP contribution in [0.15, 0.2) is 12.1 Å². The summed E-state index contributed by atoms with van der Waals surface area (Å²) in [5.74, 6) is 0.576. The molecule has 0 atom stereocenters. The molecule has 0 aliphatic rings. The van der Waals surface area contributed by atoms with Gasteiger partial charge in [0.2, 0.25) is 0 Å². The minimum atomic E-state index is 0.244. The minimum absolute atomic E-state index is 0.244. The first-order chi connectivity index (χ1) is 12.6. The highest BCUT2D eigenvalue weighted by Gasteiger charge is 2.15. The molecule has 0 amide bonds. The van der Waals surface area contributed by atoms with E-state index in [9.17, 15) is 10.2 Å². The third kappa shape index (κ3) is 9.53. The van der Waals surface area contributed by atoms with Crippen molar-refractivity contribution in [3.8, 4) is 11.5 Å². The smallest absolute Gasteiger partial charge is 0.125 e. The Bertz CT molecular complexity index is 552. The van der Waals surface area contributed by atoms with Crippen LogP contribution in [0.1, 0.15) is 110 Å². The van der Waals surface area contributed by atoms with Crippen LogP contribution < -0.4 is 0 Å². The normalized spacial score (nSPS) is 12.5. The van der Waals surface area contributed by atoms with Crippen LogP contribution in [0.5, 0.6) is 11.5 Å². The van der Waals surface area contributed by atoms with E-state index in [-0.39, 0.29) is 5.75 Å². The lowest BCUT2D eigenvalue weighted by molar-refractivity contribution is 0.307. The molecule has 1 aromatic rings. The van der Waals surface area contributed by atoms with Crippen molar-refractivity contribution in [3.63, 3.8) is 0 Å². The van der Waals surface area contributed by atoms with Gasteiger partial charge in [-0.15, -0.1) is 0 Å². The molecule has 0 radical (unpaired) electrons. The third-order valence-corrected chi connectivity index (χ3v) is 5.95. The van der Waals surface area contributed by atoms with Gasteiger partial charge < -0.3 is 10.2 Å². The van der Waals surface area contributed by atoms with E-state index in [2.05, 4.69) is 41.5 Å². The molecule has 1 rings (SSSR count). The van der Waals surface area contributed by atoms with Gasteiger partial charge in [0.25, 0.3) is 0 Å². The Morgan fingerprint density at radius 3 is 1.96 bits per heavy atom. The number of hydrogen-bond acceptors (Lipinski definition) is 2. The molecule has 0 fully saturated rings. The zero-order valence-corrected chi connectivity index (χ0v) is 18.8. The number of rotatable bonds is 12. The molecule has 0 aromatic heterocycles. The van der Waals surface area contributed by atoms with Gasteiger partial charge in [-0.3, -0.25) is 0 Å². The van der Waals surface area contributed by atoms with Crippen LogP contribution in [0, 0.1) is 10.8 Å². The van der Waals surface area contributed by atoms with Gasteiger partial charge in [-0.2, -0.15) is 0 Å². The molecule has 0 saturated heterocycles. The van der Waals surface area contributed by atoms with Gasteiger partial charge in [0, 0.05) is 5.56 Å². The van der Waals surface area contributed by atoms with Crippen molar-refractivity contribution in [1.82, 2.24) is 0 Å². The molecule has 0 unspecified atom stereocenters. The van der Waals surface area contributed by atoms with Crippen molar-refractivity contribution in [1.29, 1.82) is 0 Å². The highest BCUT2D eigenvalue weighted by molar-refractivity contribution is 5.48. The van der Waals surface area contributed by atoms with Gasteiger partial charge >= 0.3 is 0 Å². The van der Waals surface area contributed by atoms with Gasteiger partial charge in [0.05, 0.1) is 0 Å². The molecule has 0 heterocycles. The number of benzene rings is 1. The maximum Gasteiger partial charge on any atom is 0.125 e. The molecule has 27 heavy (non-hydrogen) atoms. The maximum atomic E-state index is 10.6. The second-order valence-corrected chi connectivity index (χ2v) is 10.3. The summed E-state index contributed by atoms with van der Waals surface area (Å²) in [4.78, 5) is 0. The summed E-state index contributed by atoms with van der Waals surface area (Å²) >= 11 is 0. The van der Waals surface area contributed by atoms with Crippen LogP contribution in [0.3, 0.4) is 0 Å². The van der Waals surface area contributed by atoms with Crippen LogP contribution in [0.2, 0.25) is 0 Å². The molecule has 0 bridgehead atoms. The SMILES string of the molecule is CCC(C)(C)CCCCCCc1ccc(O)c(CCCCC(C)(C)C)c1O. The molecule has 2 heteroatoms. The average molecular weight is 377 g/mol. The molecule has 0 aliphatic carbocycles. The van der Waals surface area contributed by atoms with Crippen LogP contribution in [-0.2, 0) is 12.8 Å². The van der Waals surface area contributed by atoms with E-state index in [0.717, 1.165) is 43.2 Å². The van der Waals surface area contributed by atoms with Gasteiger partial charge in [-0.25, -0.2) is 0 Å². The lowest BCUT2D eigenvalue weighted by Crippen LogP contribution is -2.08. The van der Waals surface area contributed by atoms with Crippen molar-refractivity contribution >= 4 is 0 Å². The number of unbranched alkanes of at least 4 members (excludes halogenated alkanes) is 4. The molecule has 156 valence electrons. The highest BCUT2D eigenvalue weighted by atomic mass is 16.3. The standard InChI is InChI=1S/C25H44O2/c1-7-25(5,6)19-12-9-8-10-14-20-16-17-22(26)21(23(20)27)15-11-13-18-24(2,3)4/h16-17,26-27H,7-15,18-19H2,1-6H3. The molecule has 0 spiro atoms. The largest absolute Gasteiger partial charge is 0.508 e. The summed E-state index contributed by atoms with van der Waals surface area (Å²) in [5.41, 5.74) is 2.55. The van der Waals surface area contributed by atoms with Gasteiger partial charge in [-0.05, 0) is 61.0 Å². The number of aromatic hydroxyl groups is 2. The predicted molar refractivity (Wildman–Crippen MR) is 118 cm³/mol. The van der Waals surface area contributed by atoms with Crippen molar-refractivity contribution in [2.45, 2.75) is 112 Å². The second-order valence-electron chi connectivity index (χ2n) is 10.3. The summed E-state index contributed by atoms with van der Waals surface area (Å²) in [6.45, 7) is 13.7. The van der Waals surface area contributed by atoms with Gasteiger partial charge in [0.15, 0.2) is 0 Å². The molecular weight excluding hydrogens is 332 g/mol. The zero-order valence-electron chi connectivity index (χ0n) is 18.8. The van der Waals surface area contributed by atoms with Gasteiger partial charge in [-0.1, -0.05) is 79.7 Å². The lowest BCUT2D eigenvalue weighted by Gasteiger charge is -2.22. The summed E-state index contributed by atoms with van der Waals surface area (Å²) in [7, 11) is 0. The molecular formula is C25H44O2. The fraction of sp³-hybridized carbons (Fsp3) is 0.760. The Morgan fingerprint density at radius 2 is 1.33 bits per heavy atom. The van der Waals surface area contributed by atoms with Crippen molar-refractivity contribution < 1.29 is 10.2 Å². The van der Waals surface area contributed by atoms with Crippen LogP contribution >= 0.6 is 0 Å². The van der Waals surface area contributed by atoms with E-state index in [1.165, 1.54) is 38.5 Å². The Labute approximate surface area is 168 Å². The van der Waals surface area contributed by atoms with E-state index < -0.39 is 0 Å². The number of hydrogen-bond donors (Lipinski definition) is 2.